The van der Waals surface area contributed by atoms with Gasteiger partial charge in [-0.2, -0.15) is 0 Å². The lowest BCUT2D eigenvalue weighted by molar-refractivity contribution is 0.0459. The number of nitrogens with zero attached hydrogens (tertiary/aromatic N) is 3. The molecule has 2 N–H and O–H groups in total. The summed E-state index contributed by atoms with van der Waals surface area (Å²) in [5.74, 6) is 0. The van der Waals surface area contributed by atoms with Crippen LogP contribution in [-0.2, 0) is 0 Å². The first-order valence-electron chi connectivity index (χ1n) is 8.51. The second kappa shape index (κ2) is 7.51. The van der Waals surface area contributed by atoms with Crippen LogP contribution in [0.1, 0.15) is 31.4 Å². The number of aliphatic hydroxyl groups excluding tert-OH is 1. The maximum Gasteiger partial charge on any atom is 0.0564 e. The van der Waals surface area contributed by atoms with Crippen LogP contribution in [0.15, 0.2) is 24.5 Å². The molecule has 0 spiro atoms. The van der Waals surface area contributed by atoms with Gasteiger partial charge in [0.1, 0.15) is 0 Å². The number of pyridine rings is 1. The molecule has 0 aromatic carbocycles. The normalized spacial score (nSPS) is 26.9. The lowest BCUT2D eigenvalue weighted by atomic mass is 10.0. The van der Waals surface area contributed by atoms with Gasteiger partial charge in [0.05, 0.1) is 6.10 Å². The van der Waals surface area contributed by atoms with Crippen LogP contribution in [0.5, 0.6) is 0 Å². The molecule has 0 bridgehead atoms. The molecular weight excluding hydrogens is 276 g/mol. The summed E-state index contributed by atoms with van der Waals surface area (Å²) in [6.45, 7) is 8.52. The Morgan fingerprint density at radius 2 is 2.18 bits per heavy atom. The van der Waals surface area contributed by atoms with E-state index in [2.05, 4.69) is 33.1 Å². The fourth-order valence-corrected chi connectivity index (χ4v) is 3.64. The molecule has 22 heavy (non-hydrogen) atoms. The van der Waals surface area contributed by atoms with E-state index >= 15 is 0 Å². The van der Waals surface area contributed by atoms with Crippen molar-refractivity contribution < 1.29 is 5.11 Å². The van der Waals surface area contributed by atoms with Crippen molar-refractivity contribution in [2.45, 2.75) is 38.0 Å². The highest BCUT2D eigenvalue weighted by atomic mass is 16.3. The molecule has 1 aromatic heterocycles. The molecule has 2 saturated heterocycles. The van der Waals surface area contributed by atoms with Gasteiger partial charge in [-0.3, -0.25) is 9.88 Å². The first kappa shape index (κ1) is 15.9. The van der Waals surface area contributed by atoms with Crippen molar-refractivity contribution in [1.82, 2.24) is 20.1 Å². The molecule has 122 valence electrons. The lowest BCUT2D eigenvalue weighted by Gasteiger charge is -2.43. The van der Waals surface area contributed by atoms with Gasteiger partial charge in [-0.15, -0.1) is 0 Å². The van der Waals surface area contributed by atoms with Crippen molar-refractivity contribution in [2.24, 2.45) is 0 Å². The van der Waals surface area contributed by atoms with Crippen LogP contribution in [-0.4, -0.2) is 71.3 Å². The molecule has 2 fully saturated rings. The molecule has 0 radical (unpaired) electrons. The molecule has 0 saturated carbocycles. The third-order valence-corrected chi connectivity index (χ3v) is 5.01. The summed E-state index contributed by atoms with van der Waals surface area (Å²) in [6.07, 6.45) is 5.55. The average molecular weight is 304 g/mol. The highest BCUT2D eigenvalue weighted by molar-refractivity contribution is 5.15. The summed E-state index contributed by atoms with van der Waals surface area (Å²) in [5, 5.41) is 13.2. The number of aromatic nitrogens is 1. The quantitative estimate of drug-likeness (QED) is 0.865. The van der Waals surface area contributed by atoms with Crippen molar-refractivity contribution in [3.8, 4) is 0 Å². The molecule has 5 nitrogen and oxygen atoms in total. The second-order valence-electron chi connectivity index (χ2n) is 6.62. The van der Waals surface area contributed by atoms with E-state index in [1.807, 2.05) is 18.5 Å². The summed E-state index contributed by atoms with van der Waals surface area (Å²) in [5.41, 5.74) is 1.31. The Morgan fingerprint density at radius 1 is 1.36 bits per heavy atom. The van der Waals surface area contributed by atoms with Crippen molar-refractivity contribution in [3.05, 3.63) is 30.1 Å². The van der Waals surface area contributed by atoms with Gasteiger partial charge in [-0.25, -0.2) is 0 Å². The zero-order valence-corrected chi connectivity index (χ0v) is 13.5. The molecule has 2 aliphatic heterocycles. The van der Waals surface area contributed by atoms with Crippen LogP contribution in [0.2, 0.25) is 0 Å². The molecule has 0 amide bonds. The minimum absolute atomic E-state index is 0.105. The predicted octanol–water partition coefficient (Wildman–Crippen LogP) is 0.873. The van der Waals surface area contributed by atoms with Gasteiger partial charge in [-0.05, 0) is 31.4 Å². The van der Waals surface area contributed by atoms with Crippen molar-refractivity contribution in [3.63, 3.8) is 0 Å². The molecular formula is C17H28N4O. The smallest absolute Gasteiger partial charge is 0.0564 e. The van der Waals surface area contributed by atoms with E-state index in [0.717, 1.165) is 52.1 Å². The number of aliphatic hydroxyl groups is 1. The minimum atomic E-state index is -0.105. The van der Waals surface area contributed by atoms with E-state index in [9.17, 15) is 5.11 Å². The van der Waals surface area contributed by atoms with Gasteiger partial charge in [0.25, 0.3) is 0 Å². The molecule has 2 atom stereocenters. The van der Waals surface area contributed by atoms with Gasteiger partial charge < -0.3 is 15.3 Å². The zero-order chi connectivity index (χ0) is 15.4. The SMILES string of the molecule is CC1CNCCN1C(CN1CCC(O)CC1)c1cccnc1. The first-order valence-corrected chi connectivity index (χ1v) is 8.51. The molecule has 5 heteroatoms. The number of hydrogen-bond acceptors (Lipinski definition) is 5. The predicted molar refractivity (Wildman–Crippen MR) is 87.7 cm³/mol. The Bertz CT molecular complexity index is 447. The van der Waals surface area contributed by atoms with E-state index in [-0.39, 0.29) is 6.10 Å². The number of hydrogen-bond donors (Lipinski definition) is 2. The second-order valence-corrected chi connectivity index (χ2v) is 6.62. The van der Waals surface area contributed by atoms with Crippen LogP contribution in [0.25, 0.3) is 0 Å². The fraction of sp³-hybridized carbons (Fsp3) is 0.706. The van der Waals surface area contributed by atoms with E-state index in [1.54, 1.807) is 0 Å². The first-order chi connectivity index (χ1) is 10.7. The summed E-state index contributed by atoms with van der Waals surface area (Å²) < 4.78 is 0. The number of nitrogens with one attached hydrogen (secondary N) is 1. The van der Waals surface area contributed by atoms with Crippen LogP contribution in [0.4, 0.5) is 0 Å². The summed E-state index contributed by atoms with van der Waals surface area (Å²) in [4.78, 5) is 9.44. The monoisotopic (exact) mass is 304 g/mol. The Hall–Kier alpha value is -1.01. The number of piperazine rings is 1. The van der Waals surface area contributed by atoms with Crippen LogP contribution >= 0.6 is 0 Å². The lowest BCUT2D eigenvalue weighted by Crippen LogP contribution is -2.53. The standard InChI is InChI=1S/C17H28N4O/c1-14-11-19-7-10-21(14)17(15-3-2-6-18-12-15)13-20-8-4-16(22)5-9-20/h2-3,6,12,14,16-17,19,22H,4-5,7-11,13H2,1H3. The molecule has 2 aliphatic rings. The van der Waals surface area contributed by atoms with Crippen LogP contribution < -0.4 is 5.32 Å². The van der Waals surface area contributed by atoms with Crippen molar-refractivity contribution in [2.75, 3.05) is 39.3 Å². The number of rotatable bonds is 4. The highest BCUT2D eigenvalue weighted by Crippen LogP contribution is 2.25. The van der Waals surface area contributed by atoms with Crippen molar-refractivity contribution >= 4 is 0 Å². The van der Waals surface area contributed by atoms with Crippen LogP contribution in [0, 0.1) is 0 Å². The van der Waals surface area contributed by atoms with Gasteiger partial charge >= 0.3 is 0 Å². The van der Waals surface area contributed by atoms with Gasteiger partial charge in [0.15, 0.2) is 0 Å². The molecule has 3 heterocycles. The summed E-state index contributed by atoms with van der Waals surface area (Å²) in [6, 6.07) is 5.16. The highest BCUT2D eigenvalue weighted by Gasteiger charge is 2.29. The number of piperidine rings is 1. The topological polar surface area (TPSA) is 51.6 Å². The third-order valence-electron chi connectivity index (χ3n) is 5.01. The minimum Gasteiger partial charge on any atom is -0.393 e. The third kappa shape index (κ3) is 3.84. The van der Waals surface area contributed by atoms with E-state index in [1.165, 1.54) is 5.56 Å². The number of likely N-dealkylation sites (tertiary alicyclic amines) is 1. The fourth-order valence-electron chi connectivity index (χ4n) is 3.64. The summed E-state index contributed by atoms with van der Waals surface area (Å²) >= 11 is 0. The van der Waals surface area contributed by atoms with Gasteiger partial charge in [0.2, 0.25) is 0 Å². The molecule has 3 rings (SSSR count). The van der Waals surface area contributed by atoms with Crippen LogP contribution in [0.3, 0.4) is 0 Å². The molecule has 0 aliphatic carbocycles. The molecule has 1 aromatic rings. The van der Waals surface area contributed by atoms with E-state index < -0.39 is 0 Å². The van der Waals surface area contributed by atoms with Gasteiger partial charge in [0, 0.05) is 63.7 Å². The Balaban J connectivity index is 1.74. The molecule has 2 unspecified atom stereocenters. The maximum atomic E-state index is 9.71. The largest absolute Gasteiger partial charge is 0.393 e. The summed E-state index contributed by atoms with van der Waals surface area (Å²) in [7, 11) is 0. The Morgan fingerprint density at radius 3 is 2.86 bits per heavy atom. The van der Waals surface area contributed by atoms with E-state index in [4.69, 9.17) is 0 Å². The van der Waals surface area contributed by atoms with Crippen molar-refractivity contribution in [1.29, 1.82) is 0 Å². The average Bonchev–Trinajstić information content (AvgIpc) is 2.56. The maximum absolute atomic E-state index is 9.71. The van der Waals surface area contributed by atoms with Gasteiger partial charge in [-0.1, -0.05) is 6.07 Å². The Kier molecular flexibility index (Phi) is 5.41. The zero-order valence-electron chi connectivity index (χ0n) is 13.5. The Labute approximate surface area is 133 Å². The van der Waals surface area contributed by atoms with E-state index in [0.29, 0.717) is 12.1 Å².